The van der Waals surface area contributed by atoms with Gasteiger partial charge in [-0.2, -0.15) is 9.29 Å². The van der Waals surface area contributed by atoms with Crippen LogP contribution in [0.3, 0.4) is 0 Å². The second kappa shape index (κ2) is 34.3. The van der Waals surface area contributed by atoms with Gasteiger partial charge in [-0.1, -0.05) is 127 Å². The number of allylic oxidation sites excluding steroid dienone is 5. The second-order valence-corrected chi connectivity index (χ2v) is 20.8. The number of aromatic nitrogens is 2. The Hall–Kier alpha value is -3.06. The molecule has 2 aliphatic rings. The summed E-state index contributed by atoms with van der Waals surface area (Å²) in [5.41, 5.74) is 4.58. The van der Waals surface area contributed by atoms with Crippen LogP contribution in [-0.2, 0) is 51.0 Å². The minimum Gasteiger partial charge on any atom is -0.462 e. The summed E-state index contributed by atoms with van der Waals surface area (Å²) in [6.45, 7) is 2.06. The van der Waals surface area contributed by atoms with Gasteiger partial charge in [-0.15, -0.1) is 0 Å². The maximum absolute atomic E-state index is 12.9. The number of aliphatic hydroxyl groups is 2. The van der Waals surface area contributed by atoms with E-state index in [1.807, 2.05) is 0 Å². The molecule has 19 nitrogen and oxygen atoms in total. The first-order valence-electron chi connectivity index (χ1n) is 25.1. The number of epoxide rings is 1. The standard InChI is InChI=1S/C48H81N3O16P2/c1-3-5-7-9-11-12-13-14-15-16-17-18-19-23-27-31-43(52)61-35-38(64-44(53)32-28-24-20-22-26-30-40-39(65-40)29-25-21-10-8-6-4-2)36-62-68(57,58)67-69(59,60)63-37-41-45(54)46(55)47(66-41)51-34-33-42(49)50-48(51)56/h12-15,21,25,33-34,38-41,45-47,54-55H,3-11,16-20,22-24,26-32,35-37H2,1-2H3,(H,57,58)(H,59,60)(H2,49,50,56)/b13-12-,15-14-,25-21-/t38-,39?,40?,41-,45-,46-,47-/m1/s1. The minimum atomic E-state index is -5.43. The van der Waals surface area contributed by atoms with Gasteiger partial charge in [0.05, 0.1) is 25.4 Å². The van der Waals surface area contributed by atoms with E-state index in [0.717, 1.165) is 94.2 Å². The Balaban J connectivity index is 1.41. The smallest absolute Gasteiger partial charge is 0.462 e. The topological polar surface area (TPSA) is 278 Å². The number of nitrogen functional groups attached to an aromatic ring is 1. The molecule has 2 aliphatic heterocycles. The summed E-state index contributed by atoms with van der Waals surface area (Å²) in [6.07, 6.45) is 29.5. The number of hydrogen-bond donors (Lipinski definition) is 5. The third-order valence-corrected chi connectivity index (χ3v) is 14.3. The zero-order valence-electron chi connectivity index (χ0n) is 40.8. The van der Waals surface area contributed by atoms with Crippen molar-refractivity contribution in [2.45, 2.75) is 211 Å². The molecule has 0 amide bonds. The molecule has 0 aliphatic carbocycles. The molecule has 1 aromatic heterocycles. The Morgan fingerprint density at radius 3 is 1.99 bits per heavy atom. The van der Waals surface area contributed by atoms with E-state index in [1.54, 1.807) is 0 Å². The molecule has 0 spiro atoms. The van der Waals surface area contributed by atoms with Crippen LogP contribution in [0.5, 0.6) is 0 Å². The summed E-state index contributed by atoms with van der Waals surface area (Å²) in [6, 6.07) is 1.25. The number of ether oxygens (including phenoxy) is 4. The van der Waals surface area contributed by atoms with Crippen molar-refractivity contribution in [3.63, 3.8) is 0 Å². The predicted molar refractivity (Wildman–Crippen MR) is 261 cm³/mol. The van der Waals surface area contributed by atoms with Crippen LogP contribution in [0.2, 0.25) is 0 Å². The molecule has 3 rings (SSSR count). The Morgan fingerprint density at radius 1 is 0.725 bits per heavy atom. The van der Waals surface area contributed by atoms with Crippen LogP contribution < -0.4 is 11.4 Å². The third-order valence-electron chi connectivity index (χ3n) is 11.6. The van der Waals surface area contributed by atoms with E-state index in [2.05, 4.69) is 59.6 Å². The van der Waals surface area contributed by atoms with Crippen LogP contribution >= 0.6 is 15.6 Å². The summed E-state index contributed by atoms with van der Waals surface area (Å²) < 4.78 is 62.6. The number of carbonyl (C=O) groups is 2. The Kier molecular flexibility index (Phi) is 30.0. The van der Waals surface area contributed by atoms with Crippen molar-refractivity contribution in [1.29, 1.82) is 0 Å². The van der Waals surface area contributed by atoms with Gasteiger partial charge in [0, 0.05) is 19.0 Å². The Morgan fingerprint density at radius 2 is 1.30 bits per heavy atom. The van der Waals surface area contributed by atoms with E-state index in [9.17, 15) is 43.5 Å². The fourth-order valence-electron chi connectivity index (χ4n) is 7.60. The van der Waals surface area contributed by atoms with E-state index in [-0.39, 0.29) is 18.7 Å². The number of nitrogens with zero attached hydrogens (tertiary/aromatic N) is 2. The fraction of sp³-hybridized carbons (Fsp3) is 0.750. The van der Waals surface area contributed by atoms with Crippen molar-refractivity contribution in [3.8, 4) is 0 Å². The lowest BCUT2D eigenvalue weighted by Crippen LogP contribution is -2.36. The van der Waals surface area contributed by atoms with E-state index < -0.39 is 83.7 Å². The predicted octanol–water partition coefficient (Wildman–Crippen LogP) is 8.99. The normalized spacial score (nSPS) is 22.6. The molecule has 3 heterocycles. The average molecular weight is 1020 g/mol. The average Bonchev–Trinajstić information content (AvgIpc) is 3.99. The maximum Gasteiger partial charge on any atom is 0.481 e. The number of unbranched alkanes of at least 4 members (excludes halogenated alkanes) is 16. The lowest BCUT2D eigenvalue weighted by molar-refractivity contribution is -0.161. The SMILES string of the molecule is CCCCC/C=C\CC1OC1CCCCCCCC(=O)O[C@H](COC(=O)CCCCCCC/C=C\C=C/CCCCCC)COP(=O)(O)OP(=O)(O)OC[C@H]1O[C@@H](n2ccc(N)nc2=O)[C@H](O)[C@@H]1O. The van der Waals surface area contributed by atoms with Crippen molar-refractivity contribution in [2.75, 3.05) is 25.6 Å². The summed E-state index contributed by atoms with van der Waals surface area (Å²) in [4.78, 5) is 61.9. The van der Waals surface area contributed by atoms with E-state index in [0.29, 0.717) is 25.0 Å². The van der Waals surface area contributed by atoms with Gasteiger partial charge in [0.25, 0.3) is 0 Å². The zero-order valence-corrected chi connectivity index (χ0v) is 42.6. The maximum atomic E-state index is 12.9. The lowest BCUT2D eigenvalue weighted by Gasteiger charge is -2.21. The number of aliphatic hydroxyl groups excluding tert-OH is 2. The van der Waals surface area contributed by atoms with Gasteiger partial charge < -0.3 is 44.7 Å². The highest BCUT2D eigenvalue weighted by Crippen LogP contribution is 2.60. The van der Waals surface area contributed by atoms with Gasteiger partial charge in [0.1, 0.15) is 30.7 Å². The molecule has 4 unspecified atom stereocenters. The third kappa shape index (κ3) is 26.8. The number of esters is 2. The molecule has 21 heteroatoms. The Labute approximate surface area is 408 Å². The van der Waals surface area contributed by atoms with Gasteiger partial charge in [0.15, 0.2) is 12.3 Å². The fourth-order valence-corrected chi connectivity index (χ4v) is 9.71. The highest BCUT2D eigenvalue weighted by Gasteiger charge is 2.46. The van der Waals surface area contributed by atoms with Crippen LogP contribution in [0, 0.1) is 0 Å². The quantitative estimate of drug-likeness (QED) is 0.0102. The monoisotopic (exact) mass is 1020 g/mol. The molecule has 69 heavy (non-hydrogen) atoms. The first kappa shape index (κ1) is 60.2. The van der Waals surface area contributed by atoms with Crippen LogP contribution in [0.4, 0.5) is 5.82 Å². The molecular formula is C48H81N3O16P2. The molecule has 0 bridgehead atoms. The molecule has 0 radical (unpaired) electrons. The van der Waals surface area contributed by atoms with Crippen LogP contribution in [0.25, 0.3) is 0 Å². The molecule has 1 aromatic rings. The van der Waals surface area contributed by atoms with Crippen LogP contribution in [0.1, 0.15) is 174 Å². The summed E-state index contributed by atoms with van der Waals surface area (Å²) in [5, 5.41) is 20.9. The molecule has 2 saturated heterocycles. The zero-order chi connectivity index (χ0) is 50.3. The highest BCUT2D eigenvalue weighted by molar-refractivity contribution is 7.61. The number of nitrogens with two attached hydrogens (primary N) is 1. The molecule has 0 aromatic carbocycles. The van der Waals surface area contributed by atoms with Crippen molar-refractivity contribution >= 4 is 33.4 Å². The lowest BCUT2D eigenvalue weighted by atomic mass is 10.1. The molecule has 2 fully saturated rings. The Bertz CT molecular complexity index is 1860. The molecule has 6 N–H and O–H groups in total. The number of phosphoric acid groups is 2. The van der Waals surface area contributed by atoms with Crippen LogP contribution in [0.15, 0.2) is 53.5 Å². The van der Waals surface area contributed by atoms with Crippen molar-refractivity contribution in [3.05, 3.63) is 59.2 Å². The van der Waals surface area contributed by atoms with Crippen molar-refractivity contribution in [2.24, 2.45) is 0 Å². The molecular weight excluding hydrogens is 936 g/mol. The van der Waals surface area contributed by atoms with Gasteiger partial charge in [-0.25, -0.2) is 13.9 Å². The first-order valence-corrected chi connectivity index (χ1v) is 28.1. The summed E-state index contributed by atoms with van der Waals surface area (Å²) in [7, 11) is -10.9. The number of anilines is 1. The van der Waals surface area contributed by atoms with Gasteiger partial charge in [-0.3, -0.25) is 23.2 Å². The van der Waals surface area contributed by atoms with Crippen molar-refractivity contribution < 1.29 is 71.0 Å². The summed E-state index contributed by atoms with van der Waals surface area (Å²) >= 11 is 0. The van der Waals surface area contributed by atoms with Crippen molar-refractivity contribution in [1.82, 2.24) is 9.55 Å². The minimum absolute atomic E-state index is 0.0234. The molecule has 394 valence electrons. The van der Waals surface area contributed by atoms with Gasteiger partial charge in [-0.05, 0) is 70.3 Å². The van der Waals surface area contributed by atoms with Gasteiger partial charge >= 0.3 is 33.3 Å². The number of hydrogen-bond acceptors (Lipinski definition) is 16. The summed E-state index contributed by atoms with van der Waals surface area (Å²) in [5.74, 6) is -1.34. The molecule has 0 saturated carbocycles. The van der Waals surface area contributed by atoms with E-state index in [4.69, 9.17) is 33.7 Å². The van der Waals surface area contributed by atoms with E-state index in [1.165, 1.54) is 51.0 Å². The number of rotatable bonds is 40. The largest absolute Gasteiger partial charge is 0.481 e. The highest BCUT2D eigenvalue weighted by atomic mass is 31.3. The van der Waals surface area contributed by atoms with E-state index >= 15 is 0 Å². The number of carbonyl (C=O) groups excluding carboxylic acids is 2. The first-order chi connectivity index (χ1) is 33.1. The van der Waals surface area contributed by atoms with Crippen LogP contribution in [-0.4, -0.2) is 97.9 Å². The van der Waals surface area contributed by atoms with Gasteiger partial charge in [0.2, 0.25) is 0 Å². The molecule has 9 atom stereocenters. The second-order valence-electron chi connectivity index (χ2n) is 17.7. The number of phosphoric ester groups is 2.